The summed E-state index contributed by atoms with van der Waals surface area (Å²) >= 11 is 4.64. The summed E-state index contributed by atoms with van der Waals surface area (Å²) in [6.45, 7) is 23.9. The molecular formula is C60H59BrClF44MgNNaO13+. The fraction of sp³-hybridized carbons (Fsp3) is 0.567. The summed E-state index contributed by atoms with van der Waals surface area (Å²) in [4.78, 5) is 49.1. The molecule has 0 radical (unpaired) electrons. The molecular weight excluding hydrogens is 1940 g/mol. The molecule has 0 aromatic heterocycles. The van der Waals surface area contributed by atoms with Crippen molar-refractivity contribution in [3.63, 3.8) is 0 Å². The Hall–Kier alpha value is -5.78. The largest absolute Gasteiger partial charge is 2.00 e. The molecule has 706 valence electrons. The van der Waals surface area contributed by atoms with Crippen LogP contribution in [0, 0.1) is 17.9 Å². The number of nitriles is 1. The standard InChI is InChI=1S/C11H12F8O2.C9H8F8O2.C8H8.C7H4F8O2.C5F8O2.2C5H2F6O2.C3H8O.C2H3N.C2H6.C2H3.CH3Cl.BrH.Mg.Na/c1-5-7(20-3,10(14,15)16)9(12,13)8(6-2,21-4)11(17,18)19;1-18-5(8(12,13)14)3-4-6(19-2,7(5,10)11)9(15,16)17;1-2-8-6-4-3-5-7-8;8-5(9)3(16,6(10,11)12)1-2-4(5,17)7(13,14)15;6-3(7,1(14)4(8,9)10)2(15)5(11,12)13;2*6-4(7,8)2(12)1-3(13)5(9,10)11;1-3-4-2;1-2-3;3*1-2;;;/h5-6H,1-2H2,3-4H3;3-4H,1-2H3;2-7H,1H2;1-2,16-17H;;1H2;1,12H;3H2,1-2H3;1H3;1-2H3;1H,2H2;1H3;1H;;/q;;;;;;;;;;-1;;;+2;+1/p-1/b;;;;;;2-1-;;;;;;;;. The monoisotopic (exact) mass is 2000 g/mol. The van der Waals surface area contributed by atoms with Gasteiger partial charge >= 0.3 is 163 Å². The Bertz CT molecular complexity index is 3300. The number of carbonyl (C=O) groups is 5. The van der Waals surface area contributed by atoms with E-state index in [1.165, 1.54) is 18.9 Å². The van der Waals surface area contributed by atoms with Gasteiger partial charge in [-0.25, -0.2) is 0 Å². The van der Waals surface area contributed by atoms with Crippen molar-refractivity contribution in [1.29, 1.82) is 5.26 Å². The van der Waals surface area contributed by atoms with Crippen LogP contribution in [0.5, 0.6) is 0 Å². The molecule has 2 aliphatic carbocycles. The Morgan fingerprint density at radius 1 is 0.500 bits per heavy atom. The summed E-state index contributed by atoms with van der Waals surface area (Å²) in [5.41, 5.74) is -27.0. The number of hydrogen-bond acceptors (Lipinski definition) is 14. The van der Waals surface area contributed by atoms with Crippen LogP contribution >= 0.6 is 11.6 Å². The number of rotatable bonds is 15. The normalized spacial score (nSPS) is 19.6. The zero-order chi connectivity index (χ0) is 98.9. The van der Waals surface area contributed by atoms with Crippen LogP contribution in [-0.2, 0) is 47.7 Å². The van der Waals surface area contributed by atoms with Gasteiger partial charge in [0.25, 0.3) is 5.78 Å². The molecule has 0 fully saturated rings. The first kappa shape index (κ1) is 142. The van der Waals surface area contributed by atoms with Crippen LogP contribution in [0.2, 0.25) is 0 Å². The van der Waals surface area contributed by atoms with Crippen LogP contribution < -0.4 is 51.6 Å². The zero-order valence-corrected chi connectivity index (χ0v) is 68.0. The van der Waals surface area contributed by atoms with Crippen LogP contribution in [0.15, 0.2) is 105 Å². The first-order valence-electron chi connectivity index (χ1n) is 28.5. The second kappa shape index (κ2) is 53.1. The number of halogens is 46. The number of methoxy groups -OCH3 is 5. The Kier molecular flexibility index (Phi) is 61.8. The Balaban J connectivity index is -0.000000102. The van der Waals surface area contributed by atoms with Gasteiger partial charge in [-0.05, 0) is 60.8 Å². The molecule has 6 atom stereocenters. The summed E-state index contributed by atoms with van der Waals surface area (Å²) in [5.74, 6) is -42.2. The van der Waals surface area contributed by atoms with E-state index in [-0.39, 0.29) is 112 Å². The van der Waals surface area contributed by atoms with Crippen molar-refractivity contribution >= 4 is 69.6 Å². The van der Waals surface area contributed by atoms with Crippen molar-refractivity contribution in [3.05, 3.63) is 117 Å². The molecule has 122 heavy (non-hydrogen) atoms. The summed E-state index contributed by atoms with van der Waals surface area (Å²) in [6, 6.07) is 11.8. The number of alkyl halides is 45. The van der Waals surface area contributed by atoms with Crippen molar-refractivity contribution < 1.29 is 304 Å². The number of benzene rings is 1. The molecule has 1 aromatic rings. The minimum absolute atomic E-state index is 0. The molecule has 62 heteroatoms. The fourth-order valence-electron chi connectivity index (χ4n) is 6.63. The molecule has 0 amide bonds. The van der Waals surface area contributed by atoms with E-state index >= 15 is 0 Å². The molecule has 0 bridgehead atoms. The van der Waals surface area contributed by atoms with E-state index < -0.39 is 203 Å². The Labute approximate surface area is 713 Å². The van der Waals surface area contributed by atoms with Crippen LogP contribution in [0.4, 0.5) is 193 Å². The maximum absolute atomic E-state index is 14.2. The second-order valence-electron chi connectivity index (χ2n) is 19.6. The smallest absolute Gasteiger partial charge is 1.00 e. The first-order valence-corrected chi connectivity index (χ1v) is 29.2. The Morgan fingerprint density at radius 2 is 0.754 bits per heavy atom. The summed E-state index contributed by atoms with van der Waals surface area (Å²) in [5, 5.41) is 34.4. The SMILES string of the molecule is C=CC(OC)(C(F)(F)F)C(F)(F)C(C=C)(OC)C(F)(F)F.C=Cc1ccccc1.CC.CC#N.CCOC.CCl.COC1(C(F)(F)F)C=CC(OC)(C(F)(F)F)C1(F)F.O=C(/C=C(\[O-])C(F)(F)F)C(F)(F)F.O=C(C(F)(F)F)C(F)(F)C(=O)C(F)(F)F.O=C(CC(=O)C(F)(F)F)C(F)(F)F.OC1(C(F)(F)F)C=CC(O)(C(F)(F)F)C1(F)F.[Br-].[CH-]=C.[H+].[Mg+2].[Na+]. The third kappa shape index (κ3) is 36.2. The molecule has 0 spiro atoms. The number of Topliss-reactive ketones (excluding diaryl/α,β-unsaturated/α-hetero) is 4. The van der Waals surface area contributed by atoms with Gasteiger partial charge in [-0.2, -0.15) is 198 Å². The number of ketones is 5. The van der Waals surface area contributed by atoms with Crippen LogP contribution in [0.1, 0.15) is 41.1 Å². The number of aliphatic hydroxyl groups is 2. The van der Waals surface area contributed by atoms with E-state index in [1.807, 2.05) is 57.2 Å². The number of nitrogens with zero attached hydrogens (tertiary/aromatic N) is 1. The molecule has 6 unspecified atom stereocenters. The van der Waals surface area contributed by atoms with E-state index in [0.29, 0.717) is 0 Å². The minimum atomic E-state index is -6.22. The number of allylic oxidation sites excluding steroid dienone is 2. The van der Waals surface area contributed by atoms with Crippen molar-refractivity contribution in [2.75, 3.05) is 48.5 Å². The maximum Gasteiger partial charge on any atom is 2.00 e. The maximum atomic E-state index is 14.2. The first-order chi connectivity index (χ1) is 52.4. The average molecular weight is 2000 g/mol. The molecule has 0 aliphatic heterocycles. The van der Waals surface area contributed by atoms with Crippen molar-refractivity contribution in [2.45, 2.75) is 166 Å². The molecule has 3 rings (SSSR count). The van der Waals surface area contributed by atoms with Gasteiger partial charge in [-0.3, -0.25) is 30.6 Å². The molecule has 1 aromatic carbocycles. The summed E-state index contributed by atoms with van der Waals surface area (Å²) in [6.07, 6.45) is -72.8. The molecule has 0 heterocycles. The molecule has 0 saturated carbocycles. The quantitative estimate of drug-likeness (QED) is 0.0244. The van der Waals surface area contributed by atoms with Crippen molar-refractivity contribution in [1.82, 2.24) is 0 Å². The van der Waals surface area contributed by atoms with Gasteiger partial charge in [0.2, 0.25) is 45.2 Å². The average Bonchev–Trinajstić information content (AvgIpc) is 1.54. The molecule has 14 nitrogen and oxygen atoms in total. The summed E-state index contributed by atoms with van der Waals surface area (Å²) < 4.78 is 556. The van der Waals surface area contributed by atoms with Gasteiger partial charge in [-0.15, -0.1) is 11.6 Å². The molecule has 2 N–H and O–H groups in total. The third-order valence-corrected chi connectivity index (χ3v) is 12.5. The topological polar surface area (TPSA) is 219 Å². The van der Waals surface area contributed by atoms with E-state index in [0.717, 1.165) is 6.61 Å². The van der Waals surface area contributed by atoms with Crippen LogP contribution in [0.3, 0.4) is 0 Å². The minimum Gasteiger partial charge on any atom is -1.00 e. The van der Waals surface area contributed by atoms with Crippen LogP contribution in [0.25, 0.3) is 6.08 Å². The van der Waals surface area contributed by atoms with Gasteiger partial charge in [-0.1, -0.05) is 70.0 Å². The predicted molar refractivity (Wildman–Crippen MR) is 323 cm³/mol. The number of ether oxygens (including phenoxy) is 5. The molecule has 0 saturated heterocycles. The van der Waals surface area contributed by atoms with Crippen LogP contribution in [-0.4, -0.2) is 242 Å². The van der Waals surface area contributed by atoms with Gasteiger partial charge in [0.1, 0.15) is 0 Å². The predicted octanol–water partition coefficient (Wildman–Crippen LogP) is 12.9. The third-order valence-electron chi connectivity index (χ3n) is 12.5. The van der Waals surface area contributed by atoms with Gasteiger partial charge in [0.05, 0.1) is 12.5 Å². The van der Waals surface area contributed by atoms with Gasteiger partial charge < -0.3 is 62.6 Å². The van der Waals surface area contributed by atoms with E-state index in [4.69, 9.17) is 15.5 Å². The van der Waals surface area contributed by atoms with E-state index in [1.54, 1.807) is 13.2 Å². The van der Waals surface area contributed by atoms with Gasteiger partial charge in [0.15, 0.2) is 0 Å². The Morgan fingerprint density at radius 3 is 0.885 bits per heavy atom. The molecule has 2 aliphatic rings. The second-order valence-corrected chi connectivity index (χ2v) is 19.6. The van der Waals surface area contributed by atoms with Gasteiger partial charge in [0, 0.05) is 55.5 Å². The van der Waals surface area contributed by atoms with Crippen molar-refractivity contribution in [3.8, 4) is 6.07 Å². The zero-order valence-electron chi connectivity index (χ0n) is 63.3. The fourth-order valence-corrected chi connectivity index (χ4v) is 6.63. The van der Waals surface area contributed by atoms with E-state index in [2.05, 4.69) is 68.2 Å². The number of carbonyl (C=O) groups excluding carboxylic acids is 5. The van der Waals surface area contributed by atoms with E-state index in [9.17, 15) is 222 Å². The summed E-state index contributed by atoms with van der Waals surface area (Å²) in [7, 11) is 2.54. The number of hydrogen-bond donors (Lipinski definition) is 2. The van der Waals surface area contributed by atoms with Crippen molar-refractivity contribution in [2.24, 2.45) is 0 Å².